The van der Waals surface area contributed by atoms with Gasteiger partial charge in [0, 0.05) is 0 Å². The summed E-state index contributed by atoms with van der Waals surface area (Å²) in [6, 6.07) is 96.0. The Morgan fingerprint density at radius 2 is 0.381 bits per heavy atom. The van der Waals surface area contributed by atoms with Gasteiger partial charge in [0.25, 0.3) is 0 Å². The second-order valence-electron chi connectivity index (χ2n) is 17.4. The molecule has 10 aromatic rings. The zero-order chi connectivity index (χ0) is 41.6. The van der Waals surface area contributed by atoms with Crippen molar-refractivity contribution in [3.63, 3.8) is 0 Å². The van der Waals surface area contributed by atoms with E-state index in [0.717, 1.165) is 0 Å². The van der Waals surface area contributed by atoms with E-state index in [1.54, 1.807) is 0 Å². The van der Waals surface area contributed by atoms with Crippen LogP contribution in [0.15, 0.2) is 255 Å². The monoisotopic (exact) mass is 798 g/mol. The molecule has 0 fully saturated rings. The molecule has 0 saturated heterocycles. The van der Waals surface area contributed by atoms with Crippen molar-refractivity contribution >= 4 is 0 Å². The van der Waals surface area contributed by atoms with Crippen molar-refractivity contribution in [3.8, 4) is 33.4 Å². The molecule has 0 atom stereocenters. The molecule has 3 aliphatic carbocycles. The van der Waals surface area contributed by atoms with Gasteiger partial charge in [0.1, 0.15) is 0 Å². The maximum absolute atomic E-state index is 2.56. The number of rotatable bonds is 6. The molecule has 0 spiro atoms. The van der Waals surface area contributed by atoms with Crippen LogP contribution in [0.4, 0.5) is 0 Å². The van der Waals surface area contributed by atoms with Crippen LogP contribution in [0.3, 0.4) is 0 Å². The van der Waals surface area contributed by atoms with Crippen LogP contribution in [0.1, 0.15) is 66.8 Å². The summed E-state index contributed by atoms with van der Waals surface area (Å²) in [5.41, 5.74) is 21.8. The van der Waals surface area contributed by atoms with Crippen LogP contribution >= 0.6 is 0 Å². The molecule has 3 aliphatic rings. The van der Waals surface area contributed by atoms with Gasteiger partial charge in [0.05, 0.1) is 16.2 Å². The average molecular weight is 799 g/mol. The summed E-state index contributed by atoms with van der Waals surface area (Å²) >= 11 is 0. The van der Waals surface area contributed by atoms with Crippen LogP contribution in [0.5, 0.6) is 0 Å². The first-order valence-corrected chi connectivity index (χ1v) is 22.2. The summed E-state index contributed by atoms with van der Waals surface area (Å²) in [4.78, 5) is 0. The van der Waals surface area contributed by atoms with Gasteiger partial charge in [-0.1, -0.05) is 243 Å². The molecule has 294 valence electrons. The van der Waals surface area contributed by atoms with Crippen LogP contribution in [-0.4, -0.2) is 0 Å². The summed E-state index contributed by atoms with van der Waals surface area (Å²) in [5, 5.41) is 0. The molecule has 0 aliphatic heterocycles. The van der Waals surface area contributed by atoms with Crippen molar-refractivity contribution in [1.29, 1.82) is 0 Å². The lowest BCUT2D eigenvalue weighted by Crippen LogP contribution is -2.31. The first-order valence-electron chi connectivity index (χ1n) is 22.2. The van der Waals surface area contributed by atoms with Crippen molar-refractivity contribution in [3.05, 3.63) is 322 Å². The molecular formula is C63H42. The molecule has 63 heavy (non-hydrogen) atoms. The highest BCUT2D eigenvalue weighted by molar-refractivity contribution is 5.92. The molecule has 0 nitrogen and oxygen atoms in total. The second-order valence-corrected chi connectivity index (χ2v) is 17.4. The van der Waals surface area contributed by atoms with Crippen molar-refractivity contribution in [2.75, 3.05) is 0 Å². The predicted molar refractivity (Wildman–Crippen MR) is 258 cm³/mol. The molecule has 10 aromatic carbocycles. The molecule has 0 unspecified atom stereocenters. The fourth-order valence-electron chi connectivity index (χ4n) is 12.4. The van der Waals surface area contributed by atoms with E-state index in [2.05, 4.69) is 255 Å². The number of fused-ring (bicyclic) bond motifs is 9. The first kappa shape index (κ1) is 35.9. The zero-order valence-corrected chi connectivity index (χ0v) is 34.7. The van der Waals surface area contributed by atoms with E-state index in [1.807, 2.05) is 0 Å². The van der Waals surface area contributed by atoms with E-state index in [4.69, 9.17) is 0 Å². The molecule has 13 rings (SSSR count). The van der Waals surface area contributed by atoms with Crippen molar-refractivity contribution in [1.82, 2.24) is 0 Å². The standard InChI is InChI=1S/C63H42/c1-5-21-43(22-6-1)61(44-23-7-2-8-24-44)57-35-19-15-31-51(57)53-41-47(37-39-59(53)61)63(55-33-17-13-29-49(55)50-30-14-18-34-56(50)63)48-38-40-60-54(42-48)52-32-16-20-36-58(52)62(60,45-25-9-3-10-26-45)46-27-11-4-12-28-46/h1-42H. The Balaban J connectivity index is 1.12. The highest BCUT2D eigenvalue weighted by Gasteiger charge is 2.51. The van der Waals surface area contributed by atoms with Crippen molar-refractivity contribution < 1.29 is 0 Å². The van der Waals surface area contributed by atoms with Crippen LogP contribution in [0.25, 0.3) is 33.4 Å². The topological polar surface area (TPSA) is 0 Å². The molecule has 0 bridgehead atoms. The van der Waals surface area contributed by atoms with Gasteiger partial charge >= 0.3 is 0 Å². The Hall–Kier alpha value is -7.80. The number of hydrogen-bond donors (Lipinski definition) is 0. The fourth-order valence-corrected chi connectivity index (χ4v) is 12.4. The van der Waals surface area contributed by atoms with Crippen molar-refractivity contribution in [2.45, 2.75) is 16.2 Å². The highest BCUT2D eigenvalue weighted by atomic mass is 14.5. The van der Waals surface area contributed by atoms with Crippen LogP contribution in [0.2, 0.25) is 0 Å². The summed E-state index contributed by atoms with van der Waals surface area (Å²) < 4.78 is 0. The maximum atomic E-state index is 2.56. The van der Waals surface area contributed by atoms with E-state index in [9.17, 15) is 0 Å². The summed E-state index contributed by atoms with van der Waals surface area (Å²) in [7, 11) is 0. The summed E-state index contributed by atoms with van der Waals surface area (Å²) in [6.45, 7) is 0. The third kappa shape index (κ3) is 4.65. The zero-order valence-electron chi connectivity index (χ0n) is 34.7. The van der Waals surface area contributed by atoms with E-state index in [-0.39, 0.29) is 0 Å². The van der Waals surface area contributed by atoms with E-state index in [1.165, 1.54) is 100 Å². The van der Waals surface area contributed by atoms with Gasteiger partial charge in [0.15, 0.2) is 0 Å². The largest absolute Gasteiger partial charge is 0.0714 e. The minimum absolute atomic E-state index is 0.471. The van der Waals surface area contributed by atoms with Gasteiger partial charge < -0.3 is 0 Å². The normalized spacial score (nSPS) is 15.0. The second kappa shape index (κ2) is 13.6. The van der Waals surface area contributed by atoms with Crippen LogP contribution in [0, 0.1) is 0 Å². The summed E-state index contributed by atoms with van der Waals surface area (Å²) in [5.74, 6) is 0. The highest BCUT2D eigenvalue weighted by Crippen LogP contribution is 2.62. The predicted octanol–water partition coefficient (Wildman–Crippen LogP) is 14.8. The first-order chi connectivity index (χ1) is 31.3. The maximum Gasteiger partial charge on any atom is 0.0714 e. The smallest absolute Gasteiger partial charge is 0.0622 e. The lowest BCUT2D eigenvalue weighted by molar-refractivity contribution is 0.749. The third-order valence-electron chi connectivity index (χ3n) is 14.7. The third-order valence-corrected chi connectivity index (χ3v) is 14.7. The SMILES string of the molecule is c1ccc(C2(c3ccccc3)c3ccccc3-c3cc(C4(c5ccc6c(c5)-c5ccccc5C6(c5ccccc5)c5ccccc5)c5ccccc5-c5ccccc54)ccc32)cc1. The Bertz CT molecular complexity index is 3070. The lowest BCUT2D eigenvalue weighted by Gasteiger charge is -2.37. The molecule has 0 aromatic heterocycles. The number of hydrogen-bond acceptors (Lipinski definition) is 0. The van der Waals surface area contributed by atoms with E-state index >= 15 is 0 Å². The van der Waals surface area contributed by atoms with Crippen molar-refractivity contribution in [2.24, 2.45) is 0 Å². The van der Waals surface area contributed by atoms with Gasteiger partial charge in [0.2, 0.25) is 0 Å². The minimum Gasteiger partial charge on any atom is -0.0622 e. The minimum atomic E-state index is -0.601. The number of benzene rings is 10. The molecule has 0 amide bonds. The Kier molecular flexibility index (Phi) is 7.75. The van der Waals surface area contributed by atoms with Gasteiger partial charge in [-0.05, 0) is 112 Å². The molecule has 0 saturated carbocycles. The fraction of sp³-hybridized carbons (Fsp3) is 0.0476. The quantitative estimate of drug-likeness (QED) is 0.157. The van der Waals surface area contributed by atoms with Gasteiger partial charge in [-0.2, -0.15) is 0 Å². The molecule has 0 heteroatoms. The average Bonchev–Trinajstić information content (AvgIpc) is 3.96. The van der Waals surface area contributed by atoms with E-state index < -0.39 is 16.2 Å². The molecule has 0 heterocycles. The Morgan fingerprint density at radius 3 is 0.683 bits per heavy atom. The lowest BCUT2D eigenvalue weighted by atomic mass is 9.64. The van der Waals surface area contributed by atoms with Crippen LogP contribution in [-0.2, 0) is 16.2 Å². The summed E-state index contributed by atoms with van der Waals surface area (Å²) in [6.07, 6.45) is 0. The van der Waals surface area contributed by atoms with E-state index in [0.29, 0.717) is 0 Å². The van der Waals surface area contributed by atoms with Gasteiger partial charge in [-0.25, -0.2) is 0 Å². The Morgan fingerprint density at radius 1 is 0.159 bits per heavy atom. The Labute approximate surface area is 369 Å². The molecular weight excluding hydrogens is 757 g/mol. The van der Waals surface area contributed by atoms with Gasteiger partial charge in [-0.3, -0.25) is 0 Å². The van der Waals surface area contributed by atoms with Gasteiger partial charge in [-0.15, -0.1) is 0 Å². The molecule has 0 N–H and O–H groups in total. The van der Waals surface area contributed by atoms with Crippen LogP contribution < -0.4 is 0 Å². The molecule has 0 radical (unpaired) electrons.